The Morgan fingerprint density at radius 3 is 2.55 bits per heavy atom. The van der Waals surface area contributed by atoms with Crippen LogP contribution in [0.5, 0.6) is 0 Å². The van der Waals surface area contributed by atoms with Gasteiger partial charge in [-0.25, -0.2) is 4.79 Å². The van der Waals surface area contributed by atoms with Crippen molar-refractivity contribution in [3.05, 3.63) is 17.0 Å². The SMILES string of the molecule is Cc1nn2c(c1C(N)=O)CN(C(=O)OC(C)(C)C)CC2C=O. The van der Waals surface area contributed by atoms with Crippen LogP contribution >= 0.6 is 0 Å². The number of carbonyl (C=O) groups excluding carboxylic acids is 3. The molecular formula is C14H20N4O4. The summed E-state index contributed by atoms with van der Waals surface area (Å²) in [5.41, 5.74) is 5.89. The first-order chi connectivity index (χ1) is 10.1. The number of nitrogens with zero attached hydrogens (tertiary/aromatic N) is 3. The first-order valence-corrected chi connectivity index (χ1v) is 6.95. The second kappa shape index (κ2) is 5.43. The highest BCUT2D eigenvalue weighted by Gasteiger charge is 2.34. The van der Waals surface area contributed by atoms with Crippen molar-refractivity contribution >= 4 is 18.3 Å². The lowest BCUT2D eigenvalue weighted by molar-refractivity contribution is -0.111. The number of amides is 2. The van der Waals surface area contributed by atoms with Gasteiger partial charge in [-0.2, -0.15) is 5.10 Å². The van der Waals surface area contributed by atoms with Crippen LogP contribution < -0.4 is 5.73 Å². The van der Waals surface area contributed by atoms with E-state index in [2.05, 4.69) is 5.10 Å². The van der Waals surface area contributed by atoms with Gasteiger partial charge in [0.05, 0.1) is 30.0 Å². The summed E-state index contributed by atoms with van der Waals surface area (Å²) in [5.74, 6) is -0.630. The molecule has 0 bridgehead atoms. The minimum atomic E-state index is -0.664. The number of aromatic nitrogens is 2. The van der Waals surface area contributed by atoms with Crippen molar-refractivity contribution in [2.45, 2.75) is 45.9 Å². The topological polar surface area (TPSA) is 108 Å². The minimum Gasteiger partial charge on any atom is -0.444 e. The fourth-order valence-electron chi connectivity index (χ4n) is 2.46. The predicted molar refractivity (Wildman–Crippen MR) is 77.2 cm³/mol. The van der Waals surface area contributed by atoms with Crippen molar-refractivity contribution in [3.63, 3.8) is 0 Å². The number of primary amides is 1. The Kier molecular flexibility index (Phi) is 3.95. The zero-order valence-corrected chi connectivity index (χ0v) is 13.1. The first-order valence-electron chi connectivity index (χ1n) is 6.95. The van der Waals surface area contributed by atoms with Crippen LogP contribution in [0.2, 0.25) is 0 Å². The molecule has 1 unspecified atom stereocenters. The summed E-state index contributed by atoms with van der Waals surface area (Å²) >= 11 is 0. The molecule has 0 aliphatic carbocycles. The van der Waals surface area contributed by atoms with Crippen LogP contribution in [0.4, 0.5) is 4.79 Å². The standard InChI is InChI=1S/C14H20N4O4/c1-8-11(12(15)20)10-6-17(13(21)22-14(2,3)4)5-9(7-19)18(10)16-8/h7,9H,5-6H2,1-4H3,(H2,15,20). The maximum absolute atomic E-state index is 12.2. The van der Waals surface area contributed by atoms with E-state index in [1.807, 2.05) is 0 Å². The number of ether oxygens (including phenoxy) is 1. The molecule has 120 valence electrons. The first kappa shape index (κ1) is 16.0. The van der Waals surface area contributed by atoms with Gasteiger partial charge in [0, 0.05) is 0 Å². The van der Waals surface area contributed by atoms with Gasteiger partial charge in [0.15, 0.2) is 0 Å². The Bertz CT molecular complexity index is 630. The second-order valence-electron chi connectivity index (χ2n) is 6.28. The maximum Gasteiger partial charge on any atom is 0.410 e. The van der Waals surface area contributed by atoms with Crippen LogP contribution in [-0.2, 0) is 16.1 Å². The molecule has 0 saturated heterocycles. The lowest BCUT2D eigenvalue weighted by atomic mass is 10.1. The number of hydrogen-bond donors (Lipinski definition) is 1. The Balaban J connectivity index is 2.37. The highest BCUT2D eigenvalue weighted by atomic mass is 16.6. The summed E-state index contributed by atoms with van der Waals surface area (Å²) in [7, 11) is 0. The minimum absolute atomic E-state index is 0.123. The highest BCUT2D eigenvalue weighted by molar-refractivity contribution is 5.95. The monoisotopic (exact) mass is 308 g/mol. The Morgan fingerprint density at radius 1 is 1.41 bits per heavy atom. The van der Waals surface area contributed by atoms with Gasteiger partial charge in [-0.1, -0.05) is 0 Å². The molecular weight excluding hydrogens is 288 g/mol. The van der Waals surface area contributed by atoms with Gasteiger partial charge in [0.25, 0.3) is 5.91 Å². The molecule has 1 atom stereocenters. The van der Waals surface area contributed by atoms with Crippen molar-refractivity contribution in [1.82, 2.24) is 14.7 Å². The largest absolute Gasteiger partial charge is 0.444 e. The quantitative estimate of drug-likeness (QED) is 0.812. The highest BCUT2D eigenvalue weighted by Crippen LogP contribution is 2.26. The van der Waals surface area contributed by atoms with Crippen LogP contribution in [0, 0.1) is 6.92 Å². The normalized spacial score (nSPS) is 17.8. The molecule has 1 aliphatic heterocycles. The summed E-state index contributed by atoms with van der Waals surface area (Å²) in [6.45, 7) is 7.19. The summed E-state index contributed by atoms with van der Waals surface area (Å²) in [5, 5.41) is 4.20. The molecule has 0 radical (unpaired) electrons. The van der Waals surface area contributed by atoms with Crippen LogP contribution in [-0.4, -0.2) is 45.1 Å². The average molecular weight is 308 g/mol. The number of fused-ring (bicyclic) bond motifs is 1. The van der Waals surface area contributed by atoms with E-state index in [4.69, 9.17) is 10.5 Å². The summed E-state index contributed by atoms with van der Waals surface area (Å²) < 4.78 is 6.78. The van der Waals surface area contributed by atoms with Crippen molar-refractivity contribution in [2.24, 2.45) is 5.73 Å². The number of aryl methyl sites for hydroxylation is 1. The Morgan fingerprint density at radius 2 is 2.05 bits per heavy atom. The zero-order valence-electron chi connectivity index (χ0n) is 13.1. The number of rotatable bonds is 2. The van der Waals surface area contributed by atoms with Gasteiger partial charge >= 0.3 is 6.09 Å². The smallest absolute Gasteiger partial charge is 0.410 e. The number of nitrogens with two attached hydrogens (primary N) is 1. The average Bonchev–Trinajstić information content (AvgIpc) is 2.71. The molecule has 2 N–H and O–H groups in total. The molecule has 2 rings (SSSR count). The molecule has 0 spiro atoms. The van der Waals surface area contributed by atoms with Crippen molar-refractivity contribution < 1.29 is 19.1 Å². The molecule has 2 amide bonds. The van der Waals surface area contributed by atoms with E-state index in [0.717, 1.165) is 0 Å². The fourth-order valence-corrected chi connectivity index (χ4v) is 2.46. The third-order valence-corrected chi connectivity index (χ3v) is 3.30. The van der Waals surface area contributed by atoms with E-state index in [1.165, 1.54) is 9.58 Å². The van der Waals surface area contributed by atoms with Crippen LogP contribution in [0.1, 0.15) is 48.6 Å². The van der Waals surface area contributed by atoms with E-state index in [1.54, 1.807) is 27.7 Å². The number of aldehydes is 1. The summed E-state index contributed by atoms with van der Waals surface area (Å²) in [4.78, 5) is 36.5. The van der Waals surface area contributed by atoms with Gasteiger partial charge in [-0.05, 0) is 27.7 Å². The second-order valence-corrected chi connectivity index (χ2v) is 6.28. The van der Waals surface area contributed by atoms with Gasteiger partial charge in [-0.15, -0.1) is 0 Å². The van der Waals surface area contributed by atoms with Crippen molar-refractivity contribution in [1.29, 1.82) is 0 Å². The van der Waals surface area contributed by atoms with Gasteiger partial charge in [0.2, 0.25) is 0 Å². The molecule has 1 aromatic rings. The molecule has 0 aromatic carbocycles. The molecule has 8 heteroatoms. The number of hydrogen-bond acceptors (Lipinski definition) is 5. The third-order valence-electron chi connectivity index (χ3n) is 3.30. The maximum atomic E-state index is 12.2. The van der Waals surface area contributed by atoms with E-state index in [9.17, 15) is 14.4 Å². The van der Waals surface area contributed by atoms with Crippen molar-refractivity contribution in [3.8, 4) is 0 Å². The molecule has 2 heterocycles. The zero-order chi connectivity index (χ0) is 16.7. The Hall–Kier alpha value is -2.38. The van der Waals surface area contributed by atoms with Crippen LogP contribution in [0.25, 0.3) is 0 Å². The lowest BCUT2D eigenvalue weighted by Gasteiger charge is -2.33. The van der Waals surface area contributed by atoms with E-state index in [0.29, 0.717) is 17.7 Å². The van der Waals surface area contributed by atoms with Gasteiger partial charge in [0.1, 0.15) is 17.9 Å². The molecule has 1 aromatic heterocycles. The summed E-state index contributed by atoms with van der Waals surface area (Å²) in [6, 6.07) is -0.664. The predicted octanol–water partition coefficient (Wildman–Crippen LogP) is 0.781. The van der Waals surface area contributed by atoms with Crippen molar-refractivity contribution in [2.75, 3.05) is 6.54 Å². The molecule has 22 heavy (non-hydrogen) atoms. The lowest BCUT2D eigenvalue weighted by Crippen LogP contribution is -2.44. The number of carbonyl (C=O) groups is 3. The Labute approximate surface area is 128 Å². The van der Waals surface area contributed by atoms with E-state index < -0.39 is 23.6 Å². The van der Waals surface area contributed by atoms with Crippen LogP contribution in [0.3, 0.4) is 0 Å². The fraction of sp³-hybridized carbons (Fsp3) is 0.571. The summed E-state index contributed by atoms with van der Waals surface area (Å²) in [6.07, 6.45) is 0.150. The van der Waals surface area contributed by atoms with E-state index in [-0.39, 0.29) is 18.7 Å². The molecule has 1 aliphatic rings. The molecule has 8 nitrogen and oxygen atoms in total. The van der Waals surface area contributed by atoms with E-state index >= 15 is 0 Å². The third kappa shape index (κ3) is 2.95. The van der Waals surface area contributed by atoms with Gasteiger partial charge in [-0.3, -0.25) is 14.4 Å². The van der Waals surface area contributed by atoms with Gasteiger partial charge < -0.3 is 15.3 Å². The van der Waals surface area contributed by atoms with Crippen LogP contribution in [0.15, 0.2) is 0 Å². The molecule has 0 fully saturated rings. The molecule has 0 saturated carbocycles.